The lowest BCUT2D eigenvalue weighted by Gasteiger charge is -2.17. The third-order valence-electron chi connectivity index (χ3n) is 11.9. The Hall–Kier alpha value is -8.75. The summed E-state index contributed by atoms with van der Waals surface area (Å²) in [5.74, 6) is 2.38. The number of nitrogens with zero attached hydrogens (tertiary/aromatic N) is 6. The van der Waals surface area contributed by atoms with Gasteiger partial charge >= 0.3 is 0 Å². The largest absolute Gasteiger partial charge is 0.458 e. The van der Waals surface area contributed by atoms with Crippen LogP contribution in [0.4, 0.5) is 0 Å². The minimum atomic E-state index is -0.548. The van der Waals surface area contributed by atoms with E-state index in [1.54, 1.807) is 35.9 Å². The quantitative estimate of drug-likeness (QED) is 0.118. The van der Waals surface area contributed by atoms with Crippen LogP contribution in [0.25, 0.3) is 100 Å². The highest BCUT2D eigenvalue weighted by Crippen LogP contribution is 2.38. The fourth-order valence-corrected chi connectivity index (χ4v) is 9.01. The standard InChI is InChI=1S/C57H38N6O2/c1-36-14-10-18-39(30-36)44-23-13-22-43(38-16-4-3-5-17-38)56(44)61-35-60(47-24-7-8-25-48(47)61)40-19-12-20-41(31-40)64-42-28-29-49-51(32-42)63(57-59-55-37(2)15-11-26-50(55)62(49)57)54-33-46-45-21-6-9-27-52(45)65-53(46)34-58-54/h3-34H,1-2H3/i3D,4D,5D,10D,14D,16D,17D,18D,30D. The van der Waals surface area contributed by atoms with Gasteiger partial charge in [-0.05, 0) is 90.2 Å². The van der Waals surface area contributed by atoms with Crippen LogP contribution in [-0.2, 0) is 0 Å². The minimum absolute atomic E-state index is 0.0480. The van der Waals surface area contributed by atoms with Crippen LogP contribution in [-0.4, -0.2) is 23.5 Å². The third-order valence-corrected chi connectivity index (χ3v) is 11.9. The predicted octanol–water partition coefficient (Wildman–Crippen LogP) is 13.5. The van der Waals surface area contributed by atoms with E-state index in [4.69, 9.17) is 30.1 Å². The zero-order valence-electron chi connectivity index (χ0n) is 43.8. The summed E-state index contributed by atoms with van der Waals surface area (Å²) in [5, 5.41) is 1.90. The second-order valence-corrected chi connectivity index (χ2v) is 15.9. The van der Waals surface area contributed by atoms with Crippen molar-refractivity contribution >= 4 is 60.8 Å². The van der Waals surface area contributed by atoms with E-state index in [-0.39, 0.29) is 57.7 Å². The molecule has 8 aromatic carbocycles. The molecule has 0 amide bonds. The Labute approximate surface area is 385 Å². The van der Waals surface area contributed by atoms with E-state index in [0.717, 1.165) is 44.0 Å². The predicted molar refractivity (Wildman–Crippen MR) is 259 cm³/mol. The van der Waals surface area contributed by atoms with Crippen LogP contribution in [0.3, 0.4) is 0 Å². The maximum atomic E-state index is 9.22. The lowest BCUT2D eigenvalue weighted by molar-refractivity contribution is -0.571. The molecule has 65 heavy (non-hydrogen) atoms. The molecule has 13 rings (SSSR count). The molecule has 0 spiro atoms. The van der Waals surface area contributed by atoms with Crippen LogP contribution in [0.15, 0.2) is 198 Å². The summed E-state index contributed by atoms with van der Waals surface area (Å²) in [6.45, 7) is 3.61. The molecule has 308 valence electrons. The highest BCUT2D eigenvalue weighted by molar-refractivity contribution is 6.05. The van der Waals surface area contributed by atoms with Crippen molar-refractivity contribution < 1.29 is 26.1 Å². The van der Waals surface area contributed by atoms with Crippen molar-refractivity contribution in [2.45, 2.75) is 13.8 Å². The molecule has 5 aromatic heterocycles. The fourth-order valence-electron chi connectivity index (χ4n) is 9.01. The molecule has 8 nitrogen and oxygen atoms in total. The van der Waals surface area contributed by atoms with Crippen LogP contribution in [0.5, 0.6) is 11.5 Å². The van der Waals surface area contributed by atoms with Gasteiger partial charge in [-0.2, -0.15) is 0 Å². The topological polar surface area (TPSA) is 66.3 Å². The van der Waals surface area contributed by atoms with Crippen LogP contribution in [0.2, 0.25) is 0 Å². The number of para-hydroxylation sites is 5. The number of fused-ring (bicyclic) bond motifs is 9. The zero-order chi connectivity index (χ0) is 51.0. The van der Waals surface area contributed by atoms with Crippen LogP contribution in [0.1, 0.15) is 23.5 Å². The summed E-state index contributed by atoms with van der Waals surface area (Å²) in [6, 6.07) is 38.3. The number of rotatable bonds is 7. The number of hydrogen-bond donors (Lipinski definition) is 0. The van der Waals surface area contributed by atoms with E-state index in [2.05, 4.69) is 29.8 Å². The molecule has 8 heteroatoms. The Bertz CT molecular complexity index is 4430. The molecule has 0 aliphatic heterocycles. The lowest BCUT2D eigenvalue weighted by atomic mass is 9.95. The number of pyridine rings is 1. The van der Waals surface area contributed by atoms with Gasteiger partial charge in [-0.1, -0.05) is 139 Å². The summed E-state index contributed by atoms with van der Waals surface area (Å²) < 4.78 is 99.8. The van der Waals surface area contributed by atoms with E-state index in [1.807, 2.05) is 112 Å². The fraction of sp³-hybridized carbons (Fsp3) is 0.0351. The van der Waals surface area contributed by atoms with Crippen molar-refractivity contribution in [3.05, 3.63) is 211 Å². The van der Waals surface area contributed by atoms with Gasteiger partial charge in [0, 0.05) is 16.8 Å². The van der Waals surface area contributed by atoms with Gasteiger partial charge in [0.15, 0.2) is 5.58 Å². The van der Waals surface area contributed by atoms with Crippen molar-refractivity contribution in [1.82, 2.24) is 23.5 Å². The second kappa shape index (κ2) is 14.4. The van der Waals surface area contributed by atoms with Crippen LogP contribution >= 0.6 is 0 Å². The summed E-state index contributed by atoms with van der Waals surface area (Å²) in [7, 11) is 0. The van der Waals surface area contributed by atoms with Gasteiger partial charge in [0.25, 0.3) is 6.33 Å². The number of imidazole rings is 3. The second-order valence-electron chi connectivity index (χ2n) is 15.9. The van der Waals surface area contributed by atoms with Gasteiger partial charge in [-0.25, -0.2) is 9.97 Å². The molecular weight excluding hydrogens is 801 g/mol. The molecule has 5 heterocycles. The van der Waals surface area contributed by atoms with Crippen LogP contribution in [0, 0.1) is 20.2 Å². The van der Waals surface area contributed by atoms with E-state index in [1.165, 1.54) is 0 Å². The van der Waals surface area contributed by atoms with Gasteiger partial charge in [0.2, 0.25) is 5.78 Å². The van der Waals surface area contributed by atoms with E-state index in [9.17, 15) is 1.37 Å². The molecule has 0 saturated heterocycles. The number of aromatic nitrogens is 6. The smallest absolute Gasteiger partial charge is 0.269 e. The summed E-state index contributed by atoms with van der Waals surface area (Å²) in [5.41, 5.74) is 8.82. The van der Waals surface area contributed by atoms with Gasteiger partial charge in [-0.15, -0.1) is 0 Å². The number of ether oxygens (including phenoxy) is 1. The first-order valence-electron chi connectivity index (χ1n) is 25.5. The van der Waals surface area contributed by atoms with Gasteiger partial charge in [-0.3, -0.25) is 18.1 Å². The average molecular weight is 848 g/mol. The molecule has 13 aromatic rings. The minimum Gasteiger partial charge on any atom is -0.458 e. The normalized spacial score (nSPS) is 13.8. The molecule has 0 aliphatic rings. The monoisotopic (exact) mass is 847 g/mol. The Balaban J connectivity index is 0.976. The maximum Gasteiger partial charge on any atom is 0.269 e. The number of furan rings is 1. The third kappa shape index (κ3) is 5.88. The molecule has 0 N–H and O–H groups in total. The maximum absolute atomic E-state index is 9.22. The summed E-state index contributed by atoms with van der Waals surface area (Å²) >= 11 is 0. The SMILES string of the molecule is [2H]c1c([2H])c([2H])c(-c2cccc(-c3c([2H])c([2H])c([2H])c(C)c3[2H])c2-[n+]2[c-]n(-c3cccc(Oc4ccc5c(c4)n(-c4cc6c(cn4)oc4ccccc46)c4nc6c(C)cccc6n54)c3)c3ccccc32)c([2H])c1[2H]. The van der Waals surface area contributed by atoms with Crippen molar-refractivity contribution in [2.24, 2.45) is 0 Å². The van der Waals surface area contributed by atoms with E-state index < -0.39 is 30.2 Å². The summed E-state index contributed by atoms with van der Waals surface area (Å²) in [6.07, 6.45) is 5.23. The molecule has 0 saturated carbocycles. The number of aryl methyl sites for hydroxylation is 1. The molecule has 0 fully saturated rings. The Kier molecular flexibility index (Phi) is 6.38. The molecule has 0 bridgehead atoms. The first-order chi connectivity index (χ1) is 35.8. The highest BCUT2D eigenvalue weighted by Gasteiger charge is 2.22. The molecule has 0 aliphatic carbocycles. The first-order valence-corrected chi connectivity index (χ1v) is 21.0. The molecular formula is C57H38N6O2. The van der Waals surface area contributed by atoms with Gasteiger partial charge in [0.05, 0.1) is 63.0 Å². The van der Waals surface area contributed by atoms with E-state index in [0.29, 0.717) is 45.4 Å². The zero-order valence-corrected chi connectivity index (χ0v) is 34.8. The van der Waals surface area contributed by atoms with Gasteiger partial charge in [0.1, 0.15) is 22.9 Å². The molecule has 0 radical (unpaired) electrons. The Morgan fingerprint density at radius 2 is 1.43 bits per heavy atom. The van der Waals surface area contributed by atoms with E-state index >= 15 is 0 Å². The van der Waals surface area contributed by atoms with Crippen LogP contribution < -0.4 is 9.30 Å². The molecule has 0 unspecified atom stereocenters. The van der Waals surface area contributed by atoms with Gasteiger partial charge < -0.3 is 9.15 Å². The lowest BCUT2D eigenvalue weighted by Crippen LogP contribution is -2.31. The van der Waals surface area contributed by atoms with Crippen molar-refractivity contribution in [3.63, 3.8) is 0 Å². The summed E-state index contributed by atoms with van der Waals surface area (Å²) in [4.78, 5) is 10.1. The average Bonchev–Trinajstić information content (AvgIpc) is 4.19. The number of hydrogen-bond acceptors (Lipinski definition) is 4. The molecule has 0 atom stereocenters. The highest BCUT2D eigenvalue weighted by atomic mass is 16.5. The van der Waals surface area contributed by atoms with Crippen molar-refractivity contribution in [2.75, 3.05) is 0 Å². The Morgan fingerprint density at radius 1 is 0.646 bits per heavy atom. The van der Waals surface area contributed by atoms with Crippen molar-refractivity contribution in [1.29, 1.82) is 0 Å². The number of benzene rings is 8. The first kappa shape index (κ1) is 28.8. The Morgan fingerprint density at radius 3 is 2.35 bits per heavy atom. The van der Waals surface area contributed by atoms with Crippen molar-refractivity contribution in [3.8, 4) is 50.9 Å².